The second kappa shape index (κ2) is 4.64. The van der Waals surface area contributed by atoms with E-state index >= 15 is 0 Å². The van der Waals surface area contributed by atoms with Crippen molar-refractivity contribution in [3.63, 3.8) is 0 Å². The van der Waals surface area contributed by atoms with Gasteiger partial charge in [-0.15, -0.1) is 34.0 Å². The lowest BCUT2D eigenvalue weighted by molar-refractivity contribution is -0.383. The summed E-state index contributed by atoms with van der Waals surface area (Å²) in [6, 6.07) is 9.44. The highest BCUT2D eigenvalue weighted by Gasteiger charge is 2.21. The molecule has 0 atom stereocenters. The third-order valence-electron chi connectivity index (χ3n) is 2.42. The maximum absolute atomic E-state index is 11.1. The second-order valence-corrected chi connectivity index (χ2v) is 6.48. The Labute approximate surface area is 115 Å². The van der Waals surface area contributed by atoms with Crippen molar-refractivity contribution in [1.82, 2.24) is 0 Å². The Morgan fingerprint density at radius 2 is 1.67 bits per heavy atom. The quantitative estimate of drug-likeness (QED) is 0.497. The van der Waals surface area contributed by atoms with Gasteiger partial charge in [0.05, 0.1) is 14.7 Å². The van der Waals surface area contributed by atoms with Crippen molar-refractivity contribution in [1.29, 1.82) is 0 Å². The van der Waals surface area contributed by atoms with Gasteiger partial charge in [-0.25, -0.2) is 0 Å². The van der Waals surface area contributed by atoms with E-state index in [0.29, 0.717) is 0 Å². The molecular formula is C12H7NO2S3. The first-order chi connectivity index (χ1) is 8.75. The van der Waals surface area contributed by atoms with Gasteiger partial charge in [0.25, 0.3) is 5.69 Å². The van der Waals surface area contributed by atoms with Crippen molar-refractivity contribution in [2.45, 2.75) is 0 Å². The summed E-state index contributed by atoms with van der Waals surface area (Å²) in [5.74, 6) is 0. The van der Waals surface area contributed by atoms with Gasteiger partial charge in [0, 0.05) is 10.9 Å². The Kier molecular flexibility index (Phi) is 2.99. The molecule has 3 rings (SSSR count). The first-order valence-electron chi connectivity index (χ1n) is 5.11. The van der Waals surface area contributed by atoms with Gasteiger partial charge in [0.1, 0.15) is 4.88 Å². The number of nitro groups is 1. The summed E-state index contributed by atoms with van der Waals surface area (Å²) in [5.41, 5.74) is 0.200. The molecule has 0 bridgehead atoms. The van der Waals surface area contributed by atoms with Crippen LogP contribution in [0, 0.1) is 10.1 Å². The maximum atomic E-state index is 11.1. The standard InChI is InChI=1S/C12H7NO2S3/c14-13(15)8-7-11(9-3-1-5-16-9)18-12(8)10-4-2-6-17-10/h1-7H. The third-order valence-corrected chi connectivity index (χ3v) is 5.66. The molecule has 90 valence electrons. The zero-order valence-corrected chi connectivity index (χ0v) is 11.5. The van der Waals surface area contributed by atoms with E-state index < -0.39 is 0 Å². The van der Waals surface area contributed by atoms with E-state index in [-0.39, 0.29) is 10.6 Å². The zero-order chi connectivity index (χ0) is 12.5. The Hall–Kier alpha value is -1.50. The second-order valence-electron chi connectivity index (χ2n) is 3.54. The molecule has 0 aliphatic carbocycles. The average Bonchev–Trinajstić information content (AvgIpc) is 3.10. The van der Waals surface area contributed by atoms with Gasteiger partial charge in [0.2, 0.25) is 0 Å². The van der Waals surface area contributed by atoms with Crippen LogP contribution in [-0.2, 0) is 0 Å². The van der Waals surface area contributed by atoms with Crippen LogP contribution in [0.25, 0.3) is 19.5 Å². The smallest absolute Gasteiger partial charge is 0.258 e. The molecular weight excluding hydrogens is 286 g/mol. The number of nitrogens with zero attached hydrogens (tertiary/aromatic N) is 1. The molecule has 0 N–H and O–H groups in total. The molecule has 0 saturated heterocycles. The molecule has 0 saturated carbocycles. The predicted molar refractivity (Wildman–Crippen MR) is 77.6 cm³/mol. The van der Waals surface area contributed by atoms with Crippen molar-refractivity contribution < 1.29 is 4.92 Å². The topological polar surface area (TPSA) is 43.1 Å². The molecule has 0 unspecified atom stereocenters. The van der Waals surface area contributed by atoms with Gasteiger partial charge in [0.15, 0.2) is 0 Å². The van der Waals surface area contributed by atoms with Crippen LogP contribution < -0.4 is 0 Å². The van der Waals surface area contributed by atoms with E-state index in [1.165, 1.54) is 22.7 Å². The highest BCUT2D eigenvalue weighted by Crippen LogP contribution is 2.44. The van der Waals surface area contributed by atoms with Gasteiger partial charge in [-0.3, -0.25) is 10.1 Å². The average molecular weight is 293 g/mol. The number of thiophene rings is 3. The van der Waals surface area contributed by atoms with Crippen LogP contribution in [0.15, 0.2) is 41.1 Å². The normalized spacial score (nSPS) is 10.7. The maximum Gasteiger partial charge on any atom is 0.289 e. The van der Waals surface area contributed by atoms with Crippen molar-refractivity contribution in [3.8, 4) is 19.5 Å². The lowest BCUT2D eigenvalue weighted by Gasteiger charge is -1.91. The lowest BCUT2D eigenvalue weighted by Crippen LogP contribution is -1.85. The number of hydrogen-bond acceptors (Lipinski definition) is 5. The molecule has 3 nitrogen and oxygen atoms in total. The van der Waals surface area contributed by atoms with Crippen LogP contribution in [0.4, 0.5) is 5.69 Å². The van der Waals surface area contributed by atoms with Crippen LogP contribution in [0.1, 0.15) is 0 Å². The number of hydrogen-bond donors (Lipinski definition) is 0. The Morgan fingerprint density at radius 3 is 2.22 bits per heavy atom. The first kappa shape index (κ1) is 11.6. The molecule has 18 heavy (non-hydrogen) atoms. The predicted octanol–water partition coefficient (Wildman–Crippen LogP) is 5.11. The molecule has 0 amide bonds. The molecule has 0 fully saturated rings. The SMILES string of the molecule is O=[N+]([O-])c1cc(-c2cccs2)sc1-c1cccs1. The van der Waals surface area contributed by atoms with Crippen molar-refractivity contribution in [3.05, 3.63) is 51.2 Å². The Bertz CT molecular complexity index is 668. The fourth-order valence-electron chi connectivity index (χ4n) is 1.64. The highest BCUT2D eigenvalue weighted by atomic mass is 32.1. The van der Waals surface area contributed by atoms with Gasteiger partial charge in [-0.1, -0.05) is 12.1 Å². The molecule has 0 aliphatic rings. The minimum atomic E-state index is -0.303. The summed E-state index contributed by atoms with van der Waals surface area (Å²) >= 11 is 4.61. The van der Waals surface area contributed by atoms with Crippen LogP contribution in [0.3, 0.4) is 0 Å². The van der Waals surface area contributed by atoms with Crippen molar-refractivity contribution in [2.24, 2.45) is 0 Å². The van der Waals surface area contributed by atoms with Gasteiger partial charge < -0.3 is 0 Å². The summed E-state index contributed by atoms with van der Waals surface area (Å²) < 4.78 is 0. The molecule has 0 aliphatic heterocycles. The molecule has 0 aromatic carbocycles. The molecule has 0 spiro atoms. The molecule has 3 aromatic heterocycles. The fourth-order valence-corrected chi connectivity index (χ4v) is 4.45. The van der Waals surface area contributed by atoms with E-state index in [1.54, 1.807) is 17.4 Å². The van der Waals surface area contributed by atoms with E-state index in [2.05, 4.69) is 0 Å². The molecule has 6 heteroatoms. The van der Waals surface area contributed by atoms with Gasteiger partial charge >= 0.3 is 0 Å². The summed E-state index contributed by atoms with van der Waals surface area (Å²) in [7, 11) is 0. The van der Waals surface area contributed by atoms with Crippen molar-refractivity contribution in [2.75, 3.05) is 0 Å². The molecule has 0 radical (unpaired) electrons. The van der Waals surface area contributed by atoms with E-state index in [0.717, 1.165) is 19.5 Å². The third kappa shape index (κ3) is 1.98. The summed E-state index contributed by atoms with van der Waals surface area (Å²) in [4.78, 5) is 14.6. The molecule has 3 heterocycles. The van der Waals surface area contributed by atoms with Crippen LogP contribution in [-0.4, -0.2) is 4.92 Å². The largest absolute Gasteiger partial charge is 0.289 e. The van der Waals surface area contributed by atoms with E-state index in [4.69, 9.17) is 0 Å². The fraction of sp³-hybridized carbons (Fsp3) is 0. The van der Waals surface area contributed by atoms with Gasteiger partial charge in [-0.2, -0.15) is 0 Å². The summed E-state index contributed by atoms with van der Waals surface area (Å²) in [6.07, 6.45) is 0. The minimum Gasteiger partial charge on any atom is -0.258 e. The lowest BCUT2D eigenvalue weighted by atomic mass is 10.3. The first-order valence-corrected chi connectivity index (χ1v) is 7.69. The van der Waals surface area contributed by atoms with Crippen LogP contribution in [0.2, 0.25) is 0 Å². The Balaban J connectivity index is 2.16. The van der Waals surface area contributed by atoms with Crippen LogP contribution >= 0.6 is 34.0 Å². The minimum absolute atomic E-state index is 0.200. The Morgan fingerprint density at radius 1 is 1.00 bits per heavy atom. The zero-order valence-electron chi connectivity index (χ0n) is 9.03. The summed E-state index contributed by atoms with van der Waals surface area (Å²) in [6.45, 7) is 0. The van der Waals surface area contributed by atoms with Crippen molar-refractivity contribution >= 4 is 39.7 Å². The van der Waals surface area contributed by atoms with Gasteiger partial charge in [-0.05, 0) is 22.9 Å². The monoisotopic (exact) mass is 293 g/mol. The highest BCUT2D eigenvalue weighted by molar-refractivity contribution is 7.26. The van der Waals surface area contributed by atoms with Crippen LogP contribution in [0.5, 0.6) is 0 Å². The number of rotatable bonds is 3. The van der Waals surface area contributed by atoms with E-state index in [1.807, 2.05) is 35.0 Å². The summed E-state index contributed by atoms with van der Waals surface area (Å²) in [5, 5.41) is 15.0. The molecule has 3 aromatic rings. The van der Waals surface area contributed by atoms with E-state index in [9.17, 15) is 10.1 Å².